The fourth-order valence-electron chi connectivity index (χ4n) is 3.24. The van der Waals surface area contributed by atoms with E-state index in [4.69, 9.17) is 20.8 Å². The van der Waals surface area contributed by atoms with Gasteiger partial charge in [-0.15, -0.1) is 0 Å². The normalized spacial score (nSPS) is 12.9. The molecule has 9 nitrogen and oxygen atoms in total. The number of carbonyl (C=O) groups is 2. The van der Waals surface area contributed by atoms with Crippen LogP contribution >= 0.6 is 22.9 Å². The van der Waals surface area contributed by atoms with E-state index in [0.29, 0.717) is 18.6 Å². The summed E-state index contributed by atoms with van der Waals surface area (Å²) < 4.78 is 28.3. The number of aliphatic hydroxyl groups excluding tert-OH is 1. The molecule has 2 N–H and O–H groups in total. The lowest BCUT2D eigenvalue weighted by atomic mass is 9.94. The van der Waals surface area contributed by atoms with Crippen LogP contribution in [0, 0.1) is 11.7 Å². The van der Waals surface area contributed by atoms with Crippen LogP contribution in [-0.2, 0) is 16.0 Å². The largest absolute Gasteiger partial charge is 0.507 e. The summed E-state index contributed by atoms with van der Waals surface area (Å²) in [5, 5.41) is 21.1. The Hall–Kier alpha value is -3.54. The topological polar surface area (TPSA) is 136 Å². The van der Waals surface area contributed by atoms with Gasteiger partial charge in [0.15, 0.2) is 5.78 Å². The van der Waals surface area contributed by atoms with Gasteiger partial charge in [0.25, 0.3) is 5.19 Å². The number of aromatic nitrogens is 1. The summed E-state index contributed by atoms with van der Waals surface area (Å²) in [5.41, 5.74) is -1.64. The molecule has 12 heteroatoms. The van der Waals surface area contributed by atoms with Gasteiger partial charge in [-0.05, 0) is 37.1 Å². The van der Waals surface area contributed by atoms with Crippen LogP contribution in [0.4, 0.5) is 4.39 Å². The molecule has 196 valence electrons. The third kappa shape index (κ3) is 7.25. The summed E-state index contributed by atoms with van der Waals surface area (Å²) in [7, 11) is 1.26. The number of hydrogen-bond donors (Lipinski definition) is 2. The second kappa shape index (κ2) is 12.6. The number of nitrogens with zero attached hydrogens (tertiary/aromatic N) is 1. The van der Waals surface area contributed by atoms with Crippen LogP contribution in [0.3, 0.4) is 0 Å². The molecule has 0 radical (unpaired) electrons. The number of allylic oxidation sites excluding steroid dienone is 1. The molecule has 37 heavy (non-hydrogen) atoms. The summed E-state index contributed by atoms with van der Waals surface area (Å²) in [6.07, 6.45) is 2.68. The first kappa shape index (κ1) is 28.0. The fraction of sp³-hybridized carbons (Fsp3) is 0.280. The Morgan fingerprint density at radius 1 is 1.30 bits per heavy atom. The molecule has 0 aliphatic carbocycles. The molecule has 2 aromatic heterocycles. The third-order valence-corrected chi connectivity index (χ3v) is 6.65. The highest BCUT2D eigenvalue weighted by Crippen LogP contribution is 2.39. The number of ketones is 1. The molecule has 2 unspecified atom stereocenters. The predicted molar refractivity (Wildman–Crippen MR) is 133 cm³/mol. The monoisotopic (exact) mass is 551 g/mol. The Morgan fingerprint density at radius 2 is 2.00 bits per heavy atom. The maximum atomic E-state index is 13.1. The van der Waals surface area contributed by atoms with Gasteiger partial charge in [0.1, 0.15) is 39.9 Å². The number of unbranched alkanes of at least 4 members (excludes halogenated alkanes) is 1. The number of Topliss-reactive ketones (excluding diaryl/α,β-unsaturated/α-hetero) is 1. The number of benzene rings is 1. The van der Waals surface area contributed by atoms with Crippen LogP contribution in [0.5, 0.6) is 16.7 Å². The molecule has 0 amide bonds. The summed E-state index contributed by atoms with van der Waals surface area (Å²) >= 11 is 7.01. The maximum absolute atomic E-state index is 13.1. The summed E-state index contributed by atoms with van der Waals surface area (Å²) in [6, 6.07) is 6.35. The molecule has 0 spiro atoms. The molecular weight excluding hydrogens is 529 g/mol. The van der Waals surface area contributed by atoms with Crippen molar-refractivity contribution >= 4 is 34.7 Å². The van der Waals surface area contributed by atoms with E-state index in [2.05, 4.69) is 9.72 Å². The molecule has 3 aromatic rings. The highest BCUT2D eigenvalue weighted by atomic mass is 35.5. The van der Waals surface area contributed by atoms with Gasteiger partial charge in [0.2, 0.25) is 0 Å². The van der Waals surface area contributed by atoms with Gasteiger partial charge in [-0.25, -0.2) is 14.0 Å². The van der Waals surface area contributed by atoms with E-state index in [-0.39, 0.29) is 27.4 Å². The van der Waals surface area contributed by atoms with Crippen LogP contribution in [0.1, 0.15) is 46.9 Å². The van der Waals surface area contributed by atoms with E-state index in [1.165, 1.54) is 50.4 Å². The van der Waals surface area contributed by atoms with Crippen molar-refractivity contribution in [1.29, 1.82) is 0 Å². The van der Waals surface area contributed by atoms with E-state index < -0.39 is 46.5 Å². The Labute approximate surface area is 219 Å². The zero-order valence-corrected chi connectivity index (χ0v) is 21.3. The lowest BCUT2D eigenvalue weighted by Crippen LogP contribution is -2.25. The fourth-order valence-corrected chi connectivity index (χ4v) is 4.51. The van der Waals surface area contributed by atoms with Crippen LogP contribution in [0.2, 0.25) is 5.15 Å². The second-order valence-electron chi connectivity index (χ2n) is 7.87. The van der Waals surface area contributed by atoms with Crippen molar-refractivity contribution in [3.63, 3.8) is 0 Å². The van der Waals surface area contributed by atoms with Crippen molar-refractivity contribution in [2.24, 2.45) is 5.92 Å². The molecule has 2 heterocycles. The van der Waals surface area contributed by atoms with Gasteiger partial charge in [-0.1, -0.05) is 35.9 Å². The smallest absolute Gasteiger partial charge is 0.350 e. The number of ether oxygens (including phenoxy) is 2. The number of methoxy groups -OCH3 is 1. The van der Waals surface area contributed by atoms with Crippen LogP contribution in [0.15, 0.2) is 51.7 Å². The SMILES string of the molecule is COC(=O)/C=C/CCCc1cc(O)c(C(=O)C(C)C(O)c2sc(Oc3ccc(F)cc3)nc2Cl)c(=O)o1. The molecule has 0 saturated carbocycles. The average Bonchev–Trinajstić information content (AvgIpc) is 3.23. The van der Waals surface area contributed by atoms with Gasteiger partial charge >= 0.3 is 11.6 Å². The number of hydrogen-bond acceptors (Lipinski definition) is 10. The van der Waals surface area contributed by atoms with Crippen LogP contribution in [0.25, 0.3) is 0 Å². The van der Waals surface area contributed by atoms with Crippen molar-refractivity contribution in [2.75, 3.05) is 7.11 Å². The van der Waals surface area contributed by atoms with E-state index >= 15 is 0 Å². The van der Waals surface area contributed by atoms with Gasteiger partial charge in [-0.3, -0.25) is 4.79 Å². The quantitative estimate of drug-likeness (QED) is 0.146. The molecule has 1 aromatic carbocycles. The average molecular weight is 552 g/mol. The van der Waals surface area contributed by atoms with E-state index in [1.807, 2.05) is 0 Å². The number of esters is 1. The van der Waals surface area contributed by atoms with E-state index in [9.17, 15) is 29.0 Å². The number of halogens is 2. The molecule has 2 atom stereocenters. The summed E-state index contributed by atoms with van der Waals surface area (Å²) in [5.74, 6) is -3.10. The molecule has 0 fully saturated rings. The Balaban J connectivity index is 1.69. The van der Waals surface area contributed by atoms with E-state index in [0.717, 1.165) is 11.3 Å². The first-order chi connectivity index (χ1) is 17.6. The van der Waals surface area contributed by atoms with Gasteiger partial charge < -0.3 is 24.1 Å². The van der Waals surface area contributed by atoms with Crippen LogP contribution in [-0.4, -0.2) is 34.1 Å². The van der Waals surface area contributed by atoms with Gasteiger partial charge in [-0.2, -0.15) is 4.98 Å². The van der Waals surface area contributed by atoms with Gasteiger partial charge in [0.05, 0.1) is 17.9 Å². The number of carbonyl (C=O) groups excluding carboxylic acids is 2. The lowest BCUT2D eigenvalue weighted by molar-refractivity contribution is -0.134. The predicted octanol–water partition coefficient (Wildman–Crippen LogP) is 4.99. The number of thiazole rings is 1. The summed E-state index contributed by atoms with van der Waals surface area (Å²) in [4.78, 5) is 40.6. The van der Waals surface area contributed by atoms with E-state index in [1.54, 1.807) is 6.08 Å². The lowest BCUT2D eigenvalue weighted by Gasteiger charge is -2.16. The second-order valence-corrected chi connectivity index (χ2v) is 9.22. The Bertz CT molecular complexity index is 1350. The minimum Gasteiger partial charge on any atom is -0.507 e. The molecule has 0 bridgehead atoms. The molecule has 0 saturated heterocycles. The van der Waals surface area contributed by atoms with Gasteiger partial charge in [0, 0.05) is 18.6 Å². The minimum absolute atomic E-state index is 0.0541. The first-order valence-corrected chi connectivity index (χ1v) is 12.2. The van der Waals surface area contributed by atoms with Crippen molar-refractivity contribution in [3.8, 4) is 16.7 Å². The maximum Gasteiger partial charge on any atom is 0.350 e. The number of aryl methyl sites for hydroxylation is 1. The highest BCUT2D eigenvalue weighted by Gasteiger charge is 2.32. The summed E-state index contributed by atoms with van der Waals surface area (Å²) in [6.45, 7) is 1.37. The molecule has 0 aliphatic heterocycles. The number of rotatable bonds is 11. The Kier molecular flexibility index (Phi) is 9.56. The minimum atomic E-state index is -1.47. The molecular formula is C25H23ClFNO8S. The van der Waals surface area contributed by atoms with Crippen molar-refractivity contribution in [3.05, 3.63) is 80.1 Å². The zero-order chi connectivity index (χ0) is 27.1. The molecule has 0 aliphatic rings. The number of aromatic hydroxyl groups is 1. The van der Waals surface area contributed by atoms with Crippen molar-refractivity contribution < 1.29 is 38.1 Å². The van der Waals surface area contributed by atoms with Crippen LogP contribution < -0.4 is 10.4 Å². The highest BCUT2D eigenvalue weighted by molar-refractivity contribution is 7.14. The standard InChI is InChI=1S/C25H23ClFNO8S/c1-13(21(32)22-23(26)28-25(37-22)36-15-10-8-14(27)9-11-15)20(31)19-17(29)12-16(35-24(19)33)6-4-3-5-7-18(30)34-2/h5,7-13,21,29,32H,3-4,6H2,1-2H3/b7-5+. The number of aliphatic hydroxyl groups is 1. The molecule has 3 rings (SSSR count). The first-order valence-electron chi connectivity index (χ1n) is 11.0. The van der Waals surface area contributed by atoms with Crippen molar-refractivity contribution in [1.82, 2.24) is 4.98 Å². The zero-order valence-electron chi connectivity index (χ0n) is 19.8. The van der Waals surface area contributed by atoms with Crippen molar-refractivity contribution in [2.45, 2.75) is 32.3 Å². The third-order valence-electron chi connectivity index (χ3n) is 5.24. The Morgan fingerprint density at radius 3 is 2.65 bits per heavy atom.